The molecule has 0 unspecified atom stereocenters. The third kappa shape index (κ3) is 2.36. The summed E-state index contributed by atoms with van der Waals surface area (Å²) >= 11 is 0. The van der Waals surface area contributed by atoms with E-state index in [2.05, 4.69) is 0 Å². The van der Waals surface area contributed by atoms with E-state index >= 15 is 0 Å². The van der Waals surface area contributed by atoms with Gasteiger partial charge in [-0.1, -0.05) is 12.1 Å². The molecule has 0 aliphatic carbocycles. The van der Waals surface area contributed by atoms with E-state index in [1.165, 1.54) is 12.1 Å². The Morgan fingerprint density at radius 1 is 0.750 bits per heavy atom. The molecular formula is C14H6N4O2. The van der Waals surface area contributed by atoms with E-state index in [0.29, 0.717) is 12.6 Å². The average molecular weight is 262 g/mol. The Bertz CT molecular complexity index is 635. The summed E-state index contributed by atoms with van der Waals surface area (Å²) in [7, 11) is 0. The highest BCUT2D eigenvalue weighted by Crippen LogP contribution is 2.31. The highest BCUT2D eigenvalue weighted by atomic mass is 16.1. The van der Waals surface area contributed by atoms with Crippen LogP contribution >= 0.6 is 0 Å². The number of rotatable bonds is 4. The molecule has 0 radical (unpaired) electrons. The van der Waals surface area contributed by atoms with Gasteiger partial charge in [0, 0.05) is 22.3 Å². The van der Waals surface area contributed by atoms with Crippen LogP contribution in [0.5, 0.6) is 0 Å². The molecular weight excluding hydrogens is 256 g/mol. The minimum Gasteiger partial charge on any atom is -0.298 e. The van der Waals surface area contributed by atoms with Crippen LogP contribution in [-0.4, -0.2) is 12.6 Å². The second kappa shape index (κ2) is 6.45. The molecule has 0 heterocycles. The number of nitrogens with zero attached hydrogens (tertiary/aromatic N) is 4. The Morgan fingerprint density at radius 3 is 1.25 bits per heavy atom. The predicted octanol–water partition coefficient (Wildman–Crippen LogP) is 1.57. The summed E-state index contributed by atoms with van der Waals surface area (Å²) in [6, 6.07) is 9.29. The van der Waals surface area contributed by atoms with Crippen molar-refractivity contribution in [3.8, 4) is 24.3 Å². The third-order valence-electron chi connectivity index (χ3n) is 2.70. The van der Waals surface area contributed by atoms with Crippen molar-refractivity contribution in [3.05, 3.63) is 34.4 Å². The van der Waals surface area contributed by atoms with E-state index in [1.807, 2.05) is 0 Å². The molecule has 1 aromatic carbocycles. The lowest BCUT2D eigenvalue weighted by Crippen LogP contribution is -2.10. The van der Waals surface area contributed by atoms with E-state index in [4.69, 9.17) is 21.0 Å². The molecule has 0 aliphatic heterocycles. The van der Waals surface area contributed by atoms with E-state index in [9.17, 15) is 9.59 Å². The Kier molecular flexibility index (Phi) is 4.70. The van der Waals surface area contributed by atoms with E-state index < -0.39 is 11.8 Å². The zero-order chi connectivity index (χ0) is 15.1. The fraction of sp³-hybridized carbons (Fsp3) is 0.143. The molecule has 0 amide bonds. The van der Waals surface area contributed by atoms with Gasteiger partial charge in [-0.25, -0.2) is 0 Å². The molecule has 0 atom stereocenters. The highest BCUT2D eigenvalue weighted by molar-refractivity contribution is 5.86. The second-order valence-corrected chi connectivity index (χ2v) is 3.69. The summed E-state index contributed by atoms with van der Waals surface area (Å²) in [5.74, 6) is -2.68. The number of carbonyl (C=O) groups excluding carboxylic acids is 2. The standard InChI is InChI=1S/C14H6N4O2/c15-3-11(4-16)13-9(7-19)1-2-10(8-20)14(13)12(5-17)6-18/h1-2,7-8,11-12H. The van der Waals surface area contributed by atoms with Gasteiger partial charge in [0.25, 0.3) is 0 Å². The summed E-state index contributed by atoms with van der Waals surface area (Å²) in [5, 5.41) is 35.9. The van der Waals surface area contributed by atoms with Crippen molar-refractivity contribution in [2.24, 2.45) is 0 Å². The predicted molar refractivity (Wildman–Crippen MR) is 65.2 cm³/mol. The van der Waals surface area contributed by atoms with Crippen molar-refractivity contribution in [2.75, 3.05) is 0 Å². The van der Waals surface area contributed by atoms with Crippen molar-refractivity contribution < 1.29 is 9.59 Å². The number of hydrogen-bond donors (Lipinski definition) is 0. The van der Waals surface area contributed by atoms with Gasteiger partial charge in [-0.3, -0.25) is 9.59 Å². The van der Waals surface area contributed by atoms with Crippen LogP contribution in [0.1, 0.15) is 43.7 Å². The molecule has 1 aromatic rings. The number of aldehydes is 2. The van der Waals surface area contributed by atoms with Gasteiger partial charge >= 0.3 is 0 Å². The van der Waals surface area contributed by atoms with Crippen LogP contribution in [0.4, 0.5) is 0 Å². The van der Waals surface area contributed by atoms with Gasteiger partial charge in [-0.2, -0.15) is 21.0 Å². The van der Waals surface area contributed by atoms with Crippen LogP contribution in [0.2, 0.25) is 0 Å². The SMILES string of the molecule is N#CC(C#N)c1c(C=O)ccc(C=O)c1C(C#N)C#N. The molecule has 20 heavy (non-hydrogen) atoms. The molecule has 0 fully saturated rings. The summed E-state index contributed by atoms with van der Waals surface area (Å²) < 4.78 is 0. The van der Waals surface area contributed by atoms with Crippen LogP contribution in [0.25, 0.3) is 0 Å². The maximum atomic E-state index is 11.0. The van der Waals surface area contributed by atoms with Crippen molar-refractivity contribution in [1.29, 1.82) is 21.0 Å². The fourth-order valence-corrected chi connectivity index (χ4v) is 1.84. The van der Waals surface area contributed by atoms with Crippen molar-refractivity contribution in [1.82, 2.24) is 0 Å². The Hall–Kier alpha value is -3.48. The fourth-order valence-electron chi connectivity index (χ4n) is 1.84. The number of carbonyl (C=O) groups is 2. The van der Waals surface area contributed by atoms with E-state index in [0.717, 1.165) is 0 Å². The lowest BCUT2D eigenvalue weighted by atomic mass is 9.83. The van der Waals surface area contributed by atoms with Crippen LogP contribution in [0.15, 0.2) is 12.1 Å². The molecule has 0 saturated heterocycles. The zero-order valence-electron chi connectivity index (χ0n) is 10.1. The third-order valence-corrected chi connectivity index (χ3v) is 2.70. The number of benzene rings is 1. The first-order valence-corrected chi connectivity index (χ1v) is 5.34. The van der Waals surface area contributed by atoms with Crippen LogP contribution in [-0.2, 0) is 0 Å². The first kappa shape index (κ1) is 14.6. The first-order chi connectivity index (χ1) is 9.68. The number of nitriles is 4. The lowest BCUT2D eigenvalue weighted by molar-refractivity contribution is 0.111. The van der Waals surface area contributed by atoms with Gasteiger partial charge in [0.15, 0.2) is 11.8 Å². The topological polar surface area (TPSA) is 129 Å². The Labute approximate surface area is 114 Å². The zero-order valence-corrected chi connectivity index (χ0v) is 10.1. The molecule has 0 aromatic heterocycles. The maximum absolute atomic E-state index is 11.0. The molecule has 1 rings (SSSR count). The Morgan fingerprint density at radius 2 is 1.05 bits per heavy atom. The summed E-state index contributed by atoms with van der Waals surface area (Å²) in [5.41, 5.74) is -0.0891. The minimum absolute atomic E-state index is 0.00852. The van der Waals surface area contributed by atoms with Gasteiger partial charge in [-0.05, 0) is 0 Å². The van der Waals surface area contributed by atoms with Gasteiger partial charge in [0.1, 0.15) is 12.6 Å². The van der Waals surface area contributed by atoms with Gasteiger partial charge < -0.3 is 0 Å². The monoisotopic (exact) mass is 262 g/mol. The van der Waals surface area contributed by atoms with Crippen LogP contribution in [0.3, 0.4) is 0 Å². The molecule has 6 nitrogen and oxygen atoms in total. The van der Waals surface area contributed by atoms with Gasteiger partial charge in [0.2, 0.25) is 0 Å². The highest BCUT2D eigenvalue weighted by Gasteiger charge is 2.26. The van der Waals surface area contributed by atoms with Gasteiger partial charge in [-0.15, -0.1) is 0 Å². The van der Waals surface area contributed by atoms with Crippen molar-refractivity contribution >= 4 is 12.6 Å². The molecule has 0 N–H and O–H groups in total. The summed E-state index contributed by atoms with van der Waals surface area (Å²) in [4.78, 5) is 22.1. The van der Waals surface area contributed by atoms with E-state index in [1.54, 1.807) is 24.3 Å². The Balaban J connectivity index is 3.87. The molecule has 0 aliphatic rings. The lowest BCUT2D eigenvalue weighted by Gasteiger charge is -2.14. The summed E-state index contributed by atoms with van der Waals surface area (Å²) in [6.45, 7) is 0. The summed E-state index contributed by atoms with van der Waals surface area (Å²) in [6.07, 6.45) is 0.835. The second-order valence-electron chi connectivity index (χ2n) is 3.69. The quantitative estimate of drug-likeness (QED) is 0.757. The molecule has 0 bridgehead atoms. The van der Waals surface area contributed by atoms with Crippen LogP contribution in [0, 0.1) is 45.3 Å². The van der Waals surface area contributed by atoms with Crippen molar-refractivity contribution in [3.63, 3.8) is 0 Å². The van der Waals surface area contributed by atoms with Crippen LogP contribution < -0.4 is 0 Å². The van der Waals surface area contributed by atoms with E-state index in [-0.39, 0.29) is 22.3 Å². The first-order valence-electron chi connectivity index (χ1n) is 5.34. The van der Waals surface area contributed by atoms with Gasteiger partial charge in [0.05, 0.1) is 24.3 Å². The molecule has 0 spiro atoms. The number of hydrogen-bond acceptors (Lipinski definition) is 6. The smallest absolute Gasteiger partial charge is 0.159 e. The normalized spacial score (nSPS) is 9.10. The molecule has 94 valence electrons. The largest absolute Gasteiger partial charge is 0.298 e. The molecule has 6 heteroatoms. The average Bonchev–Trinajstić information content (AvgIpc) is 2.50. The molecule has 0 saturated carbocycles. The maximum Gasteiger partial charge on any atom is 0.159 e. The minimum atomic E-state index is -1.34. The van der Waals surface area contributed by atoms with Crippen molar-refractivity contribution in [2.45, 2.75) is 11.8 Å².